The monoisotopic (exact) mass is 323 g/mol. The fourth-order valence-electron chi connectivity index (χ4n) is 2.84. The molecular weight excluding hydrogens is 306 g/mol. The summed E-state index contributed by atoms with van der Waals surface area (Å²) in [5, 5.41) is 0. The van der Waals surface area contributed by atoms with E-state index in [-0.39, 0.29) is 11.2 Å². The molecule has 0 bridgehead atoms. The molecule has 3 aromatic rings. The number of fused-ring (bicyclic) bond motifs is 3. The molecule has 0 N–H and O–H groups in total. The van der Waals surface area contributed by atoms with Gasteiger partial charge in [-0.2, -0.15) is 4.98 Å². The molecule has 22 heavy (non-hydrogen) atoms. The first-order chi connectivity index (χ1) is 10.5. The van der Waals surface area contributed by atoms with Crippen LogP contribution in [0.15, 0.2) is 15.8 Å². The minimum Gasteiger partial charge on any atom is -0.313 e. The van der Waals surface area contributed by atoms with E-state index in [4.69, 9.17) is 11.6 Å². The largest absolute Gasteiger partial charge is 0.332 e. The van der Waals surface area contributed by atoms with Crippen molar-refractivity contribution in [2.24, 2.45) is 7.05 Å². The average molecular weight is 324 g/mol. The molecule has 0 amide bonds. The van der Waals surface area contributed by atoms with Gasteiger partial charge in [0.15, 0.2) is 11.2 Å². The highest BCUT2D eigenvalue weighted by molar-refractivity contribution is 6.17. The highest BCUT2D eigenvalue weighted by Crippen LogP contribution is 2.16. The molecule has 3 aromatic heterocycles. The second kappa shape index (κ2) is 5.31. The maximum absolute atomic E-state index is 12.7. The predicted molar refractivity (Wildman–Crippen MR) is 85.9 cm³/mol. The zero-order valence-electron chi connectivity index (χ0n) is 12.8. The Balaban J connectivity index is 2.49. The zero-order valence-corrected chi connectivity index (χ0v) is 13.6. The van der Waals surface area contributed by atoms with Crippen LogP contribution in [-0.2, 0) is 20.1 Å². The molecule has 0 saturated carbocycles. The maximum atomic E-state index is 12.7. The van der Waals surface area contributed by atoms with Gasteiger partial charge in [0.05, 0.1) is 0 Å². The van der Waals surface area contributed by atoms with Gasteiger partial charge in [0, 0.05) is 37.9 Å². The molecule has 8 heteroatoms. The molecule has 0 radical (unpaired) electrons. The van der Waals surface area contributed by atoms with Crippen molar-refractivity contribution >= 4 is 28.5 Å². The lowest BCUT2D eigenvalue weighted by Gasteiger charge is -2.06. The number of hydrogen-bond donors (Lipinski definition) is 0. The van der Waals surface area contributed by atoms with Gasteiger partial charge in [-0.1, -0.05) is 6.92 Å². The first kappa shape index (κ1) is 14.9. The Morgan fingerprint density at radius 2 is 1.95 bits per heavy atom. The lowest BCUT2D eigenvalue weighted by molar-refractivity contribution is 0.592. The van der Waals surface area contributed by atoms with Gasteiger partial charge in [0.25, 0.3) is 5.56 Å². The van der Waals surface area contributed by atoms with Crippen LogP contribution in [-0.4, -0.2) is 29.0 Å². The highest BCUT2D eigenvalue weighted by Gasteiger charge is 2.19. The molecule has 0 aliphatic heterocycles. The van der Waals surface area contributed by atoms with Crippen LogP contribution in [0.3, 0.4) is 0 Å². The van der Waals surface area contributed by atoms with Gasteiger partial charge in [-0.25, -0.2) is 4.79 Å². The van der Waals surface area contributed by atoms with Gasteiger partial charge in [-0.15, -0.1) is 11.6 Å². The Bertz CT molecular complexity index is 975. The Morgan fingerprint density at radius 1 is 1.23 bits per heavy atom. The van der Waals surface area contributed by atoms with Gasteiger partial charge >= 0.3 is 5.69 Å². The quantitative estimate of drug-likeness (QED) is 0.675. The van der Waals surface area contributed by atoms with Gasteiger partial charge in [-0.05, 0) is 13.3 Å². The van der Waals surface area contributed by atoms with Crippen LogP contribution < -0.4 is 11.2 Å². The molecular formula is C14H18ClN5O2. The third-order valence-corrected chi connectivity index (χ3v) is 4.06. The van der Waals surface area contributed by atoms with Crippen molar-refractivity contribution in [3.05, 3.63) is 32.7 Å². The minimum atomic E-state index is -0.333. The summed E-state index contributed by atoms with van der Waals surface area (Å²) in [5.41, 5.74) is 1.18. The fourth-order valence-corrected chi connectivity index (χ4v) is 3.01. The Kier molecular flexibility index (Phi) is 3.60. The molecule has 0 saturated heterocycles. The minimum absolute atomic E-state index is 0.296. The van der Waals surface area contributed by atoms with Crippen LogP contribution in [0.1, 0.15) is 19.0 Å². The second-order valence-electron chi connectivity index (χ2n) is 5.36. The van der Waals surface area contributed by atoms with Crippen molar-refractivity contribution in [3.8, 4) is 0 Å². The molecule has 7 nitrogen and oxygen atoms in total. The smallest absolute Gasteiger partial charge is 0.313 e. The molecule has 0 fully saturated rings. The van der Waals surface area contributed by atoms with E-state index in [9.17, 15) is 9.59 Å². The van der Waals surface area contributed by atoms with Crippen LogP contribution >= 0.6 is 11.6 Å². The first-order valence-electron chi connectivity index (χ1n) is 7.25. The molecule has 0 spiro atoms. The number of imidazole rings is 2. The summed E-state index contributed by atoms with van der Waals surface area (Å²) < 4.78 is 6.40. The normalized spacial score (nSPS) is 11.8. The van der Waals surface area contributed by atoms with Crippen molar-refractivity contribution in [2.45, 2.75) is 33.4 Å². The summed E-state index contributed by atoms with van der Waals surface area (Å²) in [4.78, 5) is 29.5. The zero-order chi connectivity index (χ0) is 16.0. The third-order valence-electron chi connectivity index (χ3n) is 3.90. The number of aromatic nitrogens is 5. The number of hydrogen-bond acceptors (Lipinski definition) is 3. The van der Waals surface area contributed by atoms with Crippen LogP contribution in [0.4, 0.5) is 0 Å². The van der Waals surface area contributed by atoms with Crippen molar-refractivity contribution in [3.63, 3.8) is 0 Å². The van der Waals surface area contributed by atoms with Crippen LogP contribution in [0.2, 0.25) is 0 Å². The van der Waals surface area contributed by atoms with E-state index >= 15 is 0 Å². The van der Waals surface area contributed by atoms with Crippen LogP contribution in [0.25, 0.3) is 16.9 Å². The summed E-state index contributed by atoms with van der Waals surface area (Å²) in [6.07, 6.45) is 2.58. The van der Waals surface area contributed by atoms with Crippen LogP contribution in [0, 0.1) is 6.92 Å². The molecule has 3 heterocycles. The van der Waals surface area contributed by atoms with Gasteiger partial charge in [0.1, 0.15) is 0 Å². The number of nitrogens with zero attached hydrogens (tertiary/aromatic N) is 5. The molecule has 0 aliphatic carbocycles. The summed E-state index contributed by atoms with van der Waals surface area (Å²) in [6.45, 7) is 4.88. The van der Waals surface area contributed by atoms with Crippen molar-refractivity contribution in [1.29, 1.82) is 0 Å². The van der Waals surface area contributed by atoms with Gasteiger partial charge < -0.3 is 4.57 Å². The predicted octanol–water partition coefficient (Wildman–Crippen LogP) is 1.11. The SMILES string of the molecule is CCCn1c(=O)c2c(nc3n(CCCl)c(C)cn23)n(C)c1=O. The number of aryl methyl sites for hydroxylation is 3. The summed E-state index contributed by atoms with van der Waals surface area (Å²) in [7, 11) is 1.64. The number of alkyl halides is 1. The molecule has 0 aliphatic rings. The molecule has 0 unspecified atom stereocenters. The average Bonchev–Trinajstić information content (AvgIpc) is 2.99. The second-order valence-corrected chi connectivity index (χ2v) is 5.74. The lowest BCUT2D eigenvalue weighted by Crippen LogP contribution is -2.39. The van der Waals surface area contributed by atoms with Crippen molar-refractivity contribution < 1.29 is 0 Å². The summed E-state index contributed by atoms with van der Waals surface area (Å²) in [6, 6.07) is 0. The van der Waals surface area contributed by atoms with E-state index in [1.165, 1.54) is 9.13 Å². The van der Waals surface area contributed by atoms with Gasteiger partial charge in [-0.3, -0.25) is 18.3 Å². The Morgan fingerprint density at radius 3 is 2.59 bits per heavy atom. The maximum Gasteiger partial charge on any atom is 0.332 e. The Labute approximate surface area is 131 Å². The fraction of sp³-hybridized carbons (Fsp3) is 0.500. The Hall–Kier alpha value is -2.02. The third kappa shape index (κ3) is 1.92. The van der Waals surface area contributed by atoms with E-state index < -0.39 is 0 Å². The van der Waals surface area contributed by atoms with Gasteiger partial charge in [0.2, 0.25) is 5.78 Å². The standard InChI is InChI=1S/C14H18ClN5O2/c1-4-6-19-12(21)10-11(17(3)14(19)22)16-13-18(7-5-15)9(2)8-20(10)13/h8H,4-7H2,1-3H3. The molecule has 0 aromatic carbocycles. The van der Waals surface area contributed by atoms with E-state index in [0.29, 0.717) is 35.9 Å². The number of rotatable bonds is 4. The van der Waals surface area contributed by atoms with Crippen molar-refractivity contribution in [1.82, 2.24) is 23.1 Å². The van der Waals surface area contributed by atoms with E-state index in [1.807, 2.05) is 24.6 Å². The van der Waals surface area contributed by atoms with Crippen molar-refractivity contribution in [2.75, 3.05) is 5.88 Å². The summed E-state index contributed by atoms with van der Waals surface area (Å²) in [5.74, 6) is 1.09. The van der Waals surface area contributed by atoms with Crippen LogP contribution in [0.5, 0.6) is 0 Å². The first-order valence-corrected chi connectivity index (χ1v) is 7.78. The van der Waals surface area contributed by atoms with E-state index in [0.717, 1.165) is 12.1 Å². The van der Waals surface area contributed by atoms with E-state index in [2.05, 4.69) is 4.98 Å². The molecule has 118 valence electrons. The topological polar surface area (TPSA) is 66.2 Å². The highest BCUT2D eigenvalue weighted by atomic mass is 35.5. The lowest BCUT2D eigenvalue weighted by atomic mass is 10.4. The van der Waals surface area contributed by atoms with E-state index in [1.54, 1.807) is 11.4 Å². The molecule has 3 rings (SSSR count). The molecule has 0 atom stereocenters. The number of halogens is 1. The summed E-state index contributed by atoms with van der Waals surface area (Å²) >= 11 is 5.84.